The van der Waals surface area contributed by atoms with Crippen molar-refractivity contribution in [3.05, 3.63) is 47.5 Å². The van der Waals surface area contributed by atoms with Crippen LogP contribution in [-0.2, 0) is 11.3 Å². The lowest BCUT2D eigenvalue weighted by Gasteiger charge is -2.21. The minimum absolute atomic E-state index is 0.460. The molecule has 2 aliphatic rings. The second kappa shape index (κ2) is 8.68. The van der Waals surface area contributed by atoms with E-state index >= 15 is 0 Å². The first kappa shape index (κ1) is 20.6. The normalized spacial score (nSPS) is 26.7. The Balaban J connectivity index is 1.35. The number of hydrogen-bond donors (Lipinski definition) is 3. The summed E-state index contributed by atoms with van der Waals surface area (Å²) in [4.78, 5) is 15.4. The highest BCUT2D eigenvalue weighted by Gasteiger charge is 2.45. The van der Waals surface area contributed by atoms with Gasteiger partial charge in [-0.3, -0.25) is 4.57 Å². The van der Waals surface area contributed by atoms with Crippen LogP contribution in [0.2, 0.25) is 5.02 Å². The van der Waals surface area contributed by atoms with Gasteiger partial charge in [-0.05, 0) is 43.6 Å². The molecule has 5 rings (SSSR count). The molecule has 2 fully saturated rings. The Morgan fingerprint density at radius 3 is 2.77 bits per heavy atom. The Labute approximate surface area is 184 Å². The van der Waals surface area contributed by atoms with E-state index in [0.717, 1.165) is 31.5 Å². The van der Waals surface area contributed by atoms with Gasteiger partial charge < -0.3 is 25.2 Å². The molecule has 3 N–H and O–H groups in total. The fourth-order valence-corrected chi connectivity index (χ4v) is 4.54. The van der Waals surface area contributed by atoms with Crippen LogP contribution in [0.25, 0.3) is 11.2 Å². The zero-order valence-electron chi connectivity index (χ0n) is 16.9. The molecule has 2 aliphatic heterocycles. The number of imidazole rings is 1. The number of nitrogens with zero attached hydrogens (tertiary/aromatic N) is 5. The summed E-state index contributed by atoms with van der Waals surface area (Å²) in [5.41, 5.74) is 2.11. The van der Waals surface area contributed by atoms with Crippen LogP contribution in [0, 0.1) is 0 Å². The van der Waals surface area contributed by atoms with E-state index in [1.165, 1.54) is 6.33 Å². The number of halogens is 1. The van der Waals surface area contributed by atoms with Crippen molar-refractivity contribution in [2.45, 2.75) is 43.9 Å². The molecular weight excluding hydrogens is 420 g/mol. The fraction of sp³-hybridized carbons (Fsp3) is 0.476. The maximum absolute atomic E-state index is 10.7. The van der Waals surface area contributed by atoms with Gasteiger partial charge in [-0.1, -0.05) is 23.7 Å². The first-order valence-electron chi connectivity index (χ1n) is 10.5. The number of rotatable bonds is 6. The molecule has 1 aromatic carbocycles. The van der Waals surface area contributed by atoms with Gasteiger partial charge in [-0.2, -0.15) is 0 Å². The highest BCUT2D eigenvalue weighted by molar-refractivity contribution is 6.30. The minimum atomic E-state index is -1.07. The summed E-state index contributed by atoms with van der Waals surface area (Å²) in [6, 6.07) is 7.58. The van der Waals surface area contributed by atoms with E-state index in [1.807, 2.05) is 24.3 Å². The minimum Gasteiger partial charge on any atom is -0.387 e. The van der Waals surface area contributed by atoms with Gasteiger partial charge in [-0.25, -0.2) is 15.0 Å². The van der Waals surface area contributed by atoms with E-state index in [-0.39, 0.29) is 0 Å². The molecule has 3 aromatic rings. The largest absolute Gasteiger partial charge is 0.387 e. The molecule has 2 aromatic heterocycles. The first-order chi connectivity index (χ1) is 15.1. The standard InChI is InChI=1S/C21H25ClN6O3/c22-14-5-3-4-13(8-14)9-23-19-16-20(25-11-24-19)28(12-26-16)21-18(30)17(29)15(31-21)10-27-6-1-2-7-27/h3-5,8,11-12,15,17-18,21,29-30H,1-2,6-7,9-10H2,(H,23,24,25)/t15-,17-,18-,21-/m1/s1. The number of ether oxygens (including phenoxy) is 1. The molecule has 0 saturated carbocycles. The molecule has 0 bridgehead atoms. The molecular formula is C21H25ClN6O3. The molecule has 10 heteroatoms. The predicted octanol–water partition coefficient (Wildman–Crippen LogP) is 1.81. The van der Waals surface area contributed by atoms with Crippen LogP contribution in [0.3, 0.4) is 0 Å². The van der Waals surface area contributed by atoms with Gasteiger partial charge in [0, 0.05) is 18.1 Å². The van der Waals surface area contributed by atoms with Gasteiger partial charge in [0.25, 0.3) is 0 Å². The number of likely N-dealkylation sites (tertiary alicyclic amines) is 1. The van der Waals surface area contributed by atoms with Gasteiger partial charge in [0.1, 0.15) is 24.6 Å². The summed E-state index contributed by atoms with van der Waals surface area (Å²) in [5, 5.41) is 25.2. The van der Waals surface area contributed by atoms with Crippen molar-refractivity contribution in [2.75, 3.05) is 25.0 Å². The molecule has 9 nitrogen and oxygen atoms in total. The van der Waals surface area contributed by atoms with E-state index in [0.29, 0.717) is 35.1 Å². The van der Waals surface area contributed by atoms with Crippen molar-refractivity contribution in [1.29, 1.82) is 0 Å². The zero-order valence-corrected chi connectivity index (χ0v) is 17.7. The zero-order chi connectivity index (χ0) is 21.4. The Morgan fingerprint density at radius 1 is 1.13 bits per heavy atom. The van der Waals surface area contributed by atoms with Crippen molar-refractivity contribution >= 4 is 28.6 Å². The van der Waals surface area contributed by atoms with E-state index in [2.05, 4.69) is 25.2 Å². The lowest BCUT2D eigenvalue weighted by Crippen LogP contribution is -2.38. The molecule has 2 saturated heterocycles. The number of anilines is 1. The molecule has 4 atom stereocenters. The van der Waals surface area contributed by atoms with E-state index in [9.17, 15) is 10.2 Å². The summed E-state index contributed by atoms with van der Waals surface area (Å²) in [7, 11) is 0. The Kier molecular flexibility index (Phi) is 5.77. The van der Waals surface area contributed by atoms with Crippen molar-refractivity contribution in [3.8, 4) is 0 Å². The highest BCUT2D eigenvalue weighted by atomic mass is 35.5. The quantitative estimate of drug-likeness (QED) is 0.528. The van der Waals surface area contributed by atoms with Crippen molar-refractivity contribution < 1.29 is 14.9 Å². The van der Waals surface area contributed by atoms with Crippen LogP contribution in [-0.4, -0.2) is 72.6 Å². The molecule has 0 amide bonds. The van der Waals surface area contributed by atoms with Gasteiger partial charge in [0.2, 0.25) is 0 Å². The molecule has 0 unspecified atom stereocenters. The van der Waals surface area contributed by atoms with Gasteiger partial charge >= 0.3 is 0 Å². The van der Waals surface area contributed by atoms with Gasteiger partial charge in [0.05, 0.1) is 6.33 Å². The molecule has 0 aliphatic carbocycles. The Morgan fingerprint density at radius 2 is 1.97 bits per heavy atom. The topological polar surface area (TPSA) is 109 Å². The number of aliphatic hydroxyl groups excluding tert-OH is 2. The van der Waals surface area contributed by atoms with E-state index in [4.69, 9.17) is 16.3 Å². The molecule has 4 heterocycles. The van der Waals surface area contributed by atoms with Crippen molar-refractivity contribution in [2.24, 2.45) is 0 Å². The fourth-order valence-electron chi connectivity index (χ4n) is 4.33. The number of benzene rings is 1. The first-order valence-corrected chi connectivity index (χ1v) is 10.9. The Hall–Kier alpha value is -2.30. The third kappa shape index (κ3) is 4.11. The van der Waals surface area contributed by atoms with Gasteiger partial charge in [-0.15, -0.1) is 0 Å². The summed E-state index contributed by atoms with van der Waals surface area (Å²) in [6.45, 7) is 3.12. The average molecular weight is 445 g/mol. The second-order valence-corrected chi connectivity index (χ2v) is 8.52. The highest BCUT2D eigenvalue weighted by Crippen LogP contribution is 2.33. The molecule has 31 heavy (non-hydrogen) atoms. The van der Waals surface area contributed by atoms with E-state index in [1.54, 1.807) is 10.9 Å². The van der Waals surface area contributed by atoms with Crippen LogP contribution in [0.4, 0.5) is 5.82 Å². The number of hydrogen-bond acceptors (Lipinski definition) is 8. The van der Waals surface area contributed by atoms with Crippen molar-refractivity contribution in [3.63, 3.8) is 0 Å². The monoisotopic (exact) mass is 444 g/mol. The third-order valence-electron chi connectivity index (χ3n) is 5.96. The average Bonchev–Trinajstić information content (AvgIpc) is 3.49. The summed E-state index contributed by atoms with van der Waals surface area (Å²) in [6.07, 6.45) is 2.07. The lowest BCUT2D eigenvalue weighted by molar-refractivity contribution is -0.0423. The predicted molar refractivity (Wildman–Crippen MR) is 116 cm³/mol. The lowest BCUT2D eigenvalue weighted by atomic mass is 10.1. The third-order valence-corrected chi connectivity index (χ3v) is 6.19. The number of nitrogens with one attached hydrogen (secondary N) is 1. The Bertz CT molecular complexity index is 1060. The second-order valence-electron chi connectivity index (χ2n) is 8.08. The maximum atomic E-state index is 10.7. The summed E-state index contributed by atoms with van der Waals surface area (Å²) in [5.74, 6) is 0.574. The molecule has 0 spiro atoms. The number of fused-ring (bicyclic) bond motifs is 1. The van der Waals surface area contributed by atoms with Crippen molar-refractivity contribution in [1.82, 2.24) is 24.4 Å². The SMILES string of the molecule is O[C@@H]1[C@H](O)[C@@H](CN2CCCC2)O[C@H]1n1cnc2c(NCc3cccc(Cl)c3)ncnc21. The summed E-state index contributed by atoms with van der Waals surface area (Å²) >= 11 is 6.06. The van der Waals surface area contributed by atoms with Crippen LogP contribution >= 0.6 is 11.6 Å². The van der Waals surface area contributed by atoms with Crippen LogP contribution < -0.4 is 5.32 Å². The molecule has 164 valence electrons. The van der Waals surface area contributed by atoms with Crippen LogP contribution in [0.15, 0.2) is 36.9 Å². The number of aromatic nitrogens is 4. The number of aliphatic hydroxyl groups is 2. The van der Waals surface area contributed by atoms with Crippen LogP contribution in [0.1, 0.15) is 24.6 Å². The van der Waals surface area contributed by atoms with Crippen LogP contribution in [0.5, 0.6) is 0 Å². The summed E-state index contributed by atoms with van der Waals surface area (Å²) < 4.78 is 7.73. The van der Waals surface area contributed by atoms with E-state index < -0.39 is 24.5 Å². The maximum Gasteiger partial charge on any atom is 0.167 e. The smallest absolute Gasteiger partial charge is 0.167 e. The van der Waals surface area contributed by atoms with Gasteiger partial charge in [0.15, 0.2) is 23.2 Å². The molecule has 0 radical (unpaired) electrons.